The van der Waals surface area contributed by atoms with Crippen molar-refractivity contribution in [2.75, 3.05) is 17.2 Å². The van der Waals surface area contributed by atoms with E-state index in [9.17, 15) is 21.6 Å². The van der Waals surface area contributed by atoms with Crippen LogP contribution in [-0.2, 0) is 20.0 Å². The van der Waals surface area contributed by atoms with E-state index in [1.165, 1.54) is 23.9 Å². The Balaban J connectivity index is 1.54. The summed E-state index contributed by atoms with van der Waals surface area (Å²) in [4.78, 5) is 15.3. The highest BCUT2D eigenvalue weighted by molar-refractivity contribution is 8.15. The molecule has 0 fully saturated rings. The second-order valence-corrected chi connectivity index (χ2v) is 11.2. The maximum Gasteiger partial charge on any atom is 0.257 e. The number of sulfonamides is 2. The number of nitrogens with zero attached hydrogens (tertiary/aromatic N) is 2. The third-order valence-corrected chi connectivity index (χ3v) is 7.99. The average molecular weight is 467 g/mol. The topological polar surface area (TPSA) is 139 Å². The van der Waals surface area contributed by atoms with E-state index in [0.717, 1.165) is 10.6 Å². The molecule has 12 heteroatoms. The molecule has 2 aromatic carbocycles. The number of carbonyl (C=O) groups excluding carboxylic acids is 1. The van der Waals surface area contributed by atoms with Gasteiger partial charge in [0, 0.05) is 17.0 Å². The zero-order valence-corrected chi connectivity index (χ0v) is 18.2. The van der Waals surface area contributed by atoms with Gasteiger partial charge in [-0.2, -0.15) is 0 Å². The molecule has 2 heterocycles. The van der Waals surface area contributed by atoms with Crippen LogP contribution in [0.4, 0.5) is 5.69 Å². The first kappa shape index (κ1) is 20.8. The van der Waals surface area contributed by atoms with Crippen molar-refractivity contribution in [2.45, 2.75) is 22.8 Å². The van der Waals surface area contributed by atoms with Gasteiger partial charge in [-0.3, -0.25) is 4.79 Å². The summed E-state index contributed by atoms with van der Waals surface area (Å²) in [7, 11) is -7.29. The zero-order valence-electron chi connectivity index (χ0n) is 15.8. The number of carbonyl (C=O) groups is 1. The Morgan fingerprint density at radius 3 is 2.77 bits per heavy atom. The number of hydrogen-bond acceptors (Lipinski definition) is 7. The highest BCUT2D eigenvalue weighted by atomic mass is 32.2. The lowest BCUT2D eigenvalue weighted by Gasteiger charge is -2.22. The van der Waals surface area contributed by atoms with Gasteiger partial charge in [-0.05, 0) is 54.6 Å². The minimum Gasteiger partial charge on any atom is -0.346 e. The second-order valence-electron chi connectivity index (χ2n) is 6.91. The fourth-order valence-electron chi connectivity index (χ4n) is 3.20. The molecule has 0 aromatic heterocycles. The van der Waals surface area contributed by atoms with Crippen LogP contribution >= 0.6 is 11.8 Å². The van der Waals surface area contributed by atoms with Crippen LogP contribution in [0.25, 0.3) is 0 Å². The molecule has 9 nitrogen and oxygen atoms in total. The molecule has 0 bridgehead atoms. The smallest absolute Gasteiger partial charge is 0.257 e. The lowest BCUT2D eigenvalue weighted by molar-refractivity contribution is 0.0939. The predicted molar refractivity (Wildman–Crippen MR) is 115 cm³/mol. The number of thioether (sulfide) groups is 1. The highest BCUT2D eigenvalue weighted by Crippen LogP contribution is 2.42. The molecule has 2 aromatic rings. The van der Waals surface area contributed by atoms with Crippen LogP contribution in [0.15, 0.2) is 56.7 Å². The Morgan fingerprint density at radius 1 is 1.27 bits per heavy atom. The molecule has 158 valence electrons. The third kappa shape index (κ3) is 4.08. The van der Waals surface area contributed by atoms with Crippen molar-refractivity contribution in [2.24, 2.45) is 9.54 Å². The summed E-state index contributed by atoms with van der Waals surface area (Å²) in [6.45, 7) is 2.06. The summed E-state index contributed by atoms with van der Waals surface area (Å²) in [5.74, 6) is -0.389. The van der Waals surface area contributed by atoms with Gasteiger partial charge in [0.2, 0.25) is 10.0 Å². The number of benzene rings is 2. The normalized spacial score (nSPS) is 18.2. The molecule has 2 aliphatic heterocycles. The number of fused-ring (bicyclic) bond motifs is 3. The maximum atomic E-state index is 12.7. The van der Waals surface area contributed by atoms with Crippen LogP contribution in [0.1, 0.15) is 28.9 Å². The highest BCUT2D eigenvalue weighted by Gasteiger charge is 2.33. The molecular weight excluding hydrogens is 448 g/mol. The van der Waals surface area contributed by atoms with Gasteiger partial charge in [-0.15, -0.1) is 4.40 Å². The Bertz CT molecular complexity index is 1290. The molecule has 2 aliphatic rings. The first-order valence-corrected chi connectivity index (χ1v) is 12.9. The predicted octanol–water partition coefficient (Wildman–Crippen LogP) is 1.44. The number of amidine groups is 1. The van der Waals surface area contributed by atoms with Crippen molar-refractivity contribution < 1.29 is 21.6 Å². The Hall–Kier alpha value is -2.41. The van der Waals surface area contributed by atoms with Crippen molar-refractivity contribution in [3.63, 3.8) is 0 Å². The number of rotatable bonds is 4. The fraction of sp³-hybridized carbons (Fsp3) is 0.222. The molecule has 3 N–H and O–H groups in total. The molecule has 1 amide bonds. The Morgan fingerprint density at radius 2 is 2.03 bits per heavy atom. The minimum absolute atomic E-state index is 0.0255. The van der Waals surface area contributed by atoms with Crippen molar-refractivity contribution >= 4 is 48.6 Å². The quantitative estimate of drug-likeness (QED) is 0.695. The van der Waals surface area contributed by atoms with Gasteiger partial charge in [-0.1, -0.05) is 12.1 Å². The molecule has 1 unspecified atom stereocenters. The molecule has 0 radical (unpaired) electrons. The molecule has 0 saturated carbocycles. The standard InChI is InChI=1S/C18H18N4O5S3/c1-11(12-3-2-4-14(9-12)30(19,26)27)20-17(23)13-5-6-15-16(10-13)28-18-21-29(24,25)8-7-22(15)18/h2-6,9-11H,7-8H2,1H3,(H,20,23)(H2,19,26,27). The van der Waals surface area contributed by atoms with Gasteiger partial charge >= 0.3 is 0 Å². The van der Waals surface area contributed by atoms with E-state index in [1.807, 2.05) is 4.90 Å². The van der Waals surface area contributed by atoms with Gasteiger partial charge in [0.15, 0.2) is 5.17 Å². The molecule has 30 heavy (non-hydrogen) atoms. The lowest BCUT2D eigenvalue weighted by Crippen LogP contribution is -2.35. The van der Waals surface area contributed by atoms with E-state index in [0.29, 0.717) is 22.8 Å². The minimum atomic E-state index is -3.84. The van der Waals surface area contributed by atoms with E-state index in [2.05, 4.69) is 9.71 Å². The first-order valence-electron chi connectivity index (χ1n) is 8.89. The van der Waals surface area contributed by atoms with E-state index in [1.54, 1.807) is 37.3 Å². The second kappa shape index (κ2) is 7.38. The molecular formula is C18H18N4O5S3. The third-order valence-electron chi connectivity index (χ3n) is 4.77. The summed E-state index contributed by atoms with van der Waals surface area (Å²) >= 11 is 1.21. The number of hydrogen-bond donors (Lipinski definition) is 2. The van der Waals surface area contributed by atoms with E-state index in [-0.39, 0.29) is 16.6 Å². The van der Waals surface area contributed by atoms with Crippen LogP contribution in [-0.4, -0.2) is 40.2 Å². The number of anilines is 1. The van der Waals surface area contributed by atoms with E-state index < -0.39 is 26.1 Å². The largest absolute Gasteiger partial charge is 0.346 e. The monoisotopic (exact) mass is 466 g/mol. The van der Waals surface area contributed by atoms with Crippen LogP contribution in [0, 0.1) is 0 Å². The van der Waals surface area contributed by atoms with Crippen LogP contribution in [0.5, 0.6) is 0 Å². The molecule has 0 spiro atoms. The molecule has 0 saturated heterocycles. The summed E-state index contributed by atoms with van der Waals surface area (Å²) in [6, 6.07) is 10.7. The first-order chi connectivity index (χ1) is 14.0. The summed E-state index contributed by atoms with van der Waals surface area (Å²) in [6.07, 6.45) is 0. The van der Waals surface area contributed by atoms with Crippen LogP contribution < -0.4 is 15.4 Å². The van der Waals surface area contributed by atoms with Gasteiger partial charge in [0.25, 0.3) is 15.9 Å². The van der Waals surface area contributed by atoms with Crippen LogP contribution in [0.2, 0.25) is 0 Å². The van der Waals surface area contributed by atoms with Gasteiger partial charge < -0.3 is 10.2 Å². The number of primary sulfonamides is 1. The van der Waals surface area contributed by atoms with Crippen molar-refractivity contribution in [1.29, 1.82) is 0 Å². The zero-order chi connectivity index (χ0) is 21.7. The molecule has 0 aliphatic carbocycles. The maximum absolute atomic E-state index is 12.7. The molecule has 1 atom stereocenters. The summed E-state index contributed by atoms with van der Waals surface area (Å²) in [5.41, 5.74) is 1.82. The average Bonchev–Trinajstić information content (AvgIpc) is 3.02. The Labute approximate surface area is 178 Å². The van der Waals surface area contributed by atoms with Crippen LogP contribution in [0.3, 0.4) is 0 Å². The fourth-order valence-corrected chi connectivity index (χ4v) is 6.06. The summed E-state index contributed by atoms with van der Waals surface area (Å²) < 4.78 is 50.3. The number of nitrogens with one attached hydrogen (secondary N) is 1. The summed E-state index contributed by atoms with van der Waals surface area (Å²) in [5, 5.41) is 8.39. The van der Waals surface area contributed by atoms with Crippen molar-refractivity contribution in [3.8, 4) is 0 Å². The van der Waals surface area contributed by atoms with E-state index >= 15 is 0 Å². The number of amides is 1. The van der Waals surface area contributed by atoms with Crippen molar-refractivity contribution in [1.82, 2.24) is 5.32 Å². The van der Waals surface area contributed by atoms with Crippen molar-refractivity contribution in [3.05, 3.63) is 53.6 Å². The Kier molecular flexibility index (Phi) is 5.12. The lowest BCUT2D eigenvalue weighted by atomic mass is 10.1. The van der Waals surface area contributed by atoms with E-state index in [4.69, 9.17) is 5.14 Å². The van der Waals surface area contributed by atoms with Gasteiger partial charge in [-0.25, -0.2) is 22.0 Å². The van der Waals surface area contributed by atoms with Gasteiger partial charge in [0.05, 0.1) is 22.4 Å². The number of nitrogens with two attached hydrogens (primary N) is 1. The van der Waals surface area contributed by atoms with Gasteiger partial charge in [0.1, 0.15) is 0 Å². The molecule has 4 rings (SSSR count). The SMILES string of the molecule is CC(NC(=O)c1ccc2c(c1)SC1=NS(=O)(=O)CCN12)c1cccc(S(N)(=O)=O)c1.